The highest BCUT2D eigenvalue weighted by atomic mass is 32.1. The molecule has 1 aromatic heterocycles. The Hall–Kier alpha value is -3.39. The average Bonchev–Trinajstić information content (AvgIpc) is 3.18. The second-order valence-corrected chi connectivity index (χ2v) is 7.17. The van der Waals surface area contributed by atoms with Crippen molar-refractivity contribution in [3.8, 4) is 10.6 Å². The molecule has 0 saturated heterocycles. The summed E-state index contributed by atoms with van der Waals surface area (Å²) in [6, 6.07) is 15.6. The number of aliphatic imine (C=N–C) groups is 1. The summed E-state index contributed by atoms with van der Waals surface area (Å²) < 4.78 is 0. The van der Waals surface area contributed by atoms with Gasteiger partial charge in [-0.05, 0) is 25.5 Å². The van der Waals surface area contributed by atoms with Crippen LogP contribution in [0, 0.1) is 13.8 Å². The quantitative estimate of drug-likeness (QED) is 0.382. The highest BCUT2D eigenvalue weighted by Gasteiger charge is 2.12. The van der Waals surface area contributed by atoms with Gasteiger partial charge in [-0.15, -0.1) is 10.2 Å². The topological polar surface area (TPSA) is 106 Å². The van der Waals surface area contributed by atoms with Crippen LogP contribution >= 0.6 is 11.3 Å². The number of carbonyl (C=O) groups is 1. The Kier molecular flexibility index (Phi) is 6.23. The number of nitrogens with two attached hydrogens (primary N) is 1. The van der Waals surface area contributed by atoms with Crippen molar-refractivity contribution < 1.29 is 4.79 Å². The van der Waals surface area contributed by atoms with Crippen LogP contribution in [0.1, 0.15) is 16.1 Å². The summed E-state index contributed by atoms with van der Waals surface area (Å²) >= 11 is 1.42. The Balaban J connectivity index is 1.62. The fourth-order valence-corrected chi connectivity index (χ4v) is 3.29. The molecule has 0 atom stereocenters. The van der Waals surface area contributed by atoms with Gasteiger partial charge in [0, 0.05) is 5.56 Å². The van der Waals surface area contributed by atoms with E-state index in [0.29, 0.717) is 5.01 Å². The number of aryl methyl sites for hydroxylation is 2. The molecule has 0 saturated carbocycles. The van der Waals surface area contributed by atoms with Crippen LogP contribution in [0.15, 0.2) is 58.6 Å². The SMILES string of the molecule is Cc1ccc(N=C/C(=N\N)C(=O)NCc2nnc(-c3ccccc3)s2)c(C)c1. The normalized spacial score (nSPS) is 11.7. The second kappa shape index (κ2) is 9.01. The van der Waals surface area contributed by atoms with Gasteiger partial charge in [0.15, 0.2) is 5.71 Å². The zero-order chi connectivity index (χ0) is 19.9. The summed E-state index contributed by atoms with van der Waals surface area (Å²) in [5, 5.41) is 16.0. The van der Waals surface area contributed by atoms with Crippen LogP contribution in [0.25, 0.3) is 10.6 Å². The molecule has 2 aromatic carbocycles. The van der Waals surface area contributed by atoms with Crippen molar-refractivity contribution in [3.05, 3.63) is 64.7 Å². The van der Waals surface area contributed by atoms with Gasteiger partial charge < -0.3 is 11.2 Å². The van der Waals surface area contributed by atoms with Crippen LogP contribution in [0.2, 0.25) is 0 Å². The fraction of sp³-hybridized carbons (Fsp3) is 0.150. The lowest BCUT2D eigenvalue weighted by Crippen LogP contribution is -2.32. The molecule has 0 aliphatic heterocycles. The molecule has 28 heavy (non-hydrogen) atoms. The van der Waals surface area contributed by atoms with E-state index in [9.17, 15) is 4.79 Å². The number of nitrogens with one attached hydrogen (secondary N) is 1. The first-order chi connectivity index (χ1) is 13.6. The summed E-state index contributed by atoms with van der Waals surface area (Å²) in [6.45, 7) is 4.20. The van der Waals surface area contributed by atoms with Crippen LogP contribution in [-0.4, -0.2) is 28.0 Å². The molecule has 3 rings (SSSR count). The van der Waals surface area contributed by atoms with Crippen molar-refractivity contribution in [2.45, 2.75) is 20.4 Å². The van der Waals surface area contributed by atoms with Crippen LogP contribution in [0.5, 0.6) is 0 Å². The van der Waals surface area contributed by atoms with Gasteiger partial charge in [-0.3, -0.25) is 9.79 Å². The van der Waals surface area contributed by atoms with E-state index in [1.54, 1.807) is 0 Å². The highest BCUT2D eigenvalue weighted by molar-refractivity contribution is 7.14. The van der Waals surface area contributed by atoms with Gasteiger partial charge in [0.25, 0.3) is 5.91 Å². The van der Waals surface area contributed by atoms with E-state index < -0.39 is 5.91 Å². The van der Waals surface area contributed by atoms with E-state index in [1.165, 1.54) is 17.6 Å². The Bertz CT molecular complexity index is 1030. The molecule has 142 valence electrons. The van der Waals surface area contributed by atoms with Crippen molar-refractivity contribution >= 4 is 34.9 Å². The van der Waals surface area contributed by atoms with E-state index in [-0.39, 0.29) is 12.3 Å². The van der Waals surface area contributed by atoms with Gasteiger partial charge in [0.2, 0.25) is 0 Å². The molecule has 0 aliphatic carbocycles. The first kappa shape index (κ1) is 19.4. The van der Waals surface area contributed by atoms with Crippen molar-refractivity contribution in [2.24, 2.45) is 15.9 Å². The molecule has 1 amide bonds. The molecule has 0 spiro atoms. The number of benzene rings is 2. The first-order valence-corrected chi connectivity index (χ1v) is 9.43. The van der Waals surface area contributed by atoms with E-state index in [0.717, 1.165) is 27.4 Å². The monoisotopic (exact) mass is 392 g/mol. The van der Waals surface area contributed by atoms with Gasteiger partial charge >= 0.3 is 0 Å². The summed E-state index contributed by atoms with van der Waals surface area (Å²) in [5.74, 6) is 4.94. The molecule has 7 nitrogen and oxygen atoms in total. The molecule has 0 bridgehead atoms. The van der Waals surface area contributed by atoms with E-state index in [1.807, 2.05) is 62.4 Å². The number of hydrogen-bond donors (Lipinski definition) is 2. The van der Waals surface area contributed by atoms with Gasteiger partial charge in [0.1, 0.15) is 10.0 Å². The van der Waals surface area contributed by atoms with Gasteiger partial charge in [-0.25, -0.2) is 0 Å². The zero-order valence-corrected chi connectivity index (χ0v) is 16.4. The van der Waals surface area contributed by atoms with Crippen molar-refractivity contribution in [1.29, 1.82) is 0 Å². The van der Waals surface area contributed by atoms with Crippen LogP contribution in [0.4, 0.5) is 5.69 Å². The minimum Gasteiger partial charge on any atom is -0.344 e. The molecule has 1 heterocycles. The molecular weight excluding hydrogens is 372 g/mol. The molecular formula is C20H20N6OS. The molecule has 0 fully saturated rings. The van der Waals surface area contributed by atoms with Crippen molar-refractivity contribution in [3.63, 3.8) is 0 Å². The first-order valence-electron chi connectivity index (χ1n) is 8.62. The fourth-order valence-electron chi connectivity index (χ4n) is 2.50. The Morgan fingerprint density at radius 1 is 1.18 bits per heavy atom. The summed E-state index contributed by atoms with van der Waals surface area (Å²) in [7, 11) is 0. The van der Waals surface area contributed by atoms with Gasteiger partial charge in [-0.2, -0.15) is 5.10 Å². The van der Waals surface area contributed by atoms with Crippen LogP contribution < -0.4 is 11.2 Å². The molecule has 0 radical (unpaired) electrons. The maximum atomic E-state index is 12.3. The number of carbonyl (C=O) groups excluding carboxylic acids is 1. The number of amides is 1. The van der Waals surface area contributed by atoms with E-state index in [2.05, 4.69) is 25.6 Å². The lowest BCUT2D eigenvalue weighted by molar-refractivity contribution is -0.114. The van der Waals surface area contributed by atoms with Crippen LogP contribution in [0.3, 0.4) is 0 Å². The number of aromatic nitrogens is 2. The minimum absolute atomic E-state index is 0.0350. The van der Waals surface area contributed by atoms with Crippen molar-refractivity contribution in [1.82, 2.24) is 15.5 Å². The largest absolute Gasteiger partial charge is 0.344 e. The molecule has 0 unspecified atom stereocenters. The van der Waals surface area contributed by atoms with Crippen LogP contribution in [-0.2, 0) is 11.3 Å². The smallest absolute Gasteiger partial charge is 0.273 e. The average molecular weight is 392 g/mol. The maximum absolute atomic E-state index is 12.3. The Labute approximate surface area is 167 Å². The van der Waals surface area contributed by atoms with E-state index >= 15 is 0 Å². The number of hydrogen-bond acceptors (Lipinski definition) is 7. The predicted molar refractivity (Wildman–Crippen MR) is 113 cm³/mol. The lowest BCUT2D eigenvalue weighted by atomic mass is 10.1. The summed E-state index contributed by atoms with van der Waals surface area (Å²) in [6.07, 6.45) is 1.36. The molecule has 3 N–H and O–H groups in total. The lowest BCUT2D eigenvalue weighted by Gasteiger charge is -2.03. The zero-order valence-electron chi connectivity index (χ0n) is 15.6. The molecule has 0 aliphatic rings. The summed E-state index contributed by atoms with van der Waals surface area (Å²) in [4.78, 5) is 16.6. The Morgan fingerprint density at radius 3 is 2.68 bits per heavy atom. The van der Waals surface area contributed by atoms with E-state index in [4.69, 9.17) is 5.84 Å². The van der Waals surface area contributed by atoms with Gasteiger partial charge in [-0.1, -0.05) is 59.4 Å². The number of hydrazone groups is 1. The van der Waals surface area contributed by atoms with Gasteiger partial charge in [0.05, 0.1) is 18.4 Å². The second-order valence-electron chi connectivity index (χ2n) is 6.11. The summed E-state index contributed by atoms with van der Waals surface area (Å²) in [5.41, 5.74) is 3.94. The number of nitrogens with zero attached hydrogens (tertiary/aromatic N) is 4. The third-order valence-electron chi connectivity index (χ3n) is 3.94. The Morgan fingerprint density at radius 2 is 1.96 bits per heavy atom. The highest BCUT2D eigenvalue weighted by Crippen LogP contribution is 2.22. The maximum Gasteiger partial charge on any atom is 0.273 e. The molecule has 3 aromatic rings. The van der Waals surface area contributed by atoms with Crippen molar-refractivity contribution in [2.75, 3.05) is 0 Å². The standard InChI is InChI=1S/C20H20N6OS/c1-13-8-9-16(14(2)10-13)22-11-17(24-21)19(27)23-12-18-25-26-20(28-18)15-6-4-3-5-7-15/h3-11H,12,21H2,1-2H3,(H,23,27)/b22-11?,24-17+. The number of rotatable bonds is 6. The third kappa shape index (κ3) is 4.86. The predicted octanol–water partition coefficient (Wildman–Crippen LogP) is 3.16. The molecule has 8 heteroatoms. The minimum atomic E-state index is -0.424. The third-order valence-corrected chi connectivity index (χ3v) is 4.91.